The lowest BCUT2D eigenvalue weighted by molar-refractivity contribution is -0.138. The van der Waals surface area contributed by atoms with Crippen LogP contribution in [0.3, 0.4) is 0 Å². The maximum atomic E-state index is 12.6. The highest BCUT2D eigenvalue weighted by Crippen LogP contribution is 2.20. The molecule has 2 amide bonds. The van der Waals surface area contributed by atoms with E-state index in [4.69, 9.17) is 0 Å². The molecule has 1 aliphatic heterocycles. The molecular formula is C22H26N2O2. The van der Waals surface area contributed by atoms with Gasteiger partial charge in [-0.05, 0) is 29.9 Å². The largest absolute Gasteiger partial charge is 0.354 e. The van der Waals surface area contributed by atoms with E-state index in [0.29, 0.717) is 19.5 Å². The number of carbonyl (C=O) groups is 2. The number of hydrogen-bond acceptors (Lipinski definition) is 2. The maximum Gasteiger partial charge on any atom is 0.242 e. The number of nitrogens with one attached hydrogen (secondary N) is 1. The van der Waals surface area contributed by atoms with Crippen LogP contribution in [0.2, 0.25) is 0 Å². The molecule has 0 spiro atoms. The summed E-state index contributed by atoms with van der Waals surface area (Å²) < 4.78 is 0. The van der Waals surface area contributed by atoms with Gasteiger partial charge in [0.1, 0.15) is 6.04 Å². The molecule has 2 aromatic rings. The lowest BCUT2D eigenvalue weighted by atomic mass is 10.0. The van der Waals surface area contributed by atoms with Gasteiger partial charge < -0.3 is 10.2 Å². The number of carbonyl (C=O) groups excluding carboxylic acids is 2. The van der Waals surface area contributed by atoms with Crippen molar-refractivity contribution in [2.24, 2.45) is 0 Å². The quantitative estimate of drug-likeness (QED) is 0.870. The van der Waals surface area contributed by atoms with Gasteiger partial charge in [-0.3, -0.25) is 9.59 Å². The highest BCUT2D eigenvalue weighted by Gasteiger charge is 2.33. The van der Waals surface area contributed by atoms with Crippen LogP contribution in [0.5, 0.6) is 0 Å². The summed E-state index contributed by atoms with van der Waals surface area (Å²) in [7, 11) is 0. The summed E-state index contributed by atoms with van der Waals surface area (Å²) in [5, 5.41) is 3.04. The number of likely N-dealkylation sites (tertiary alicyclic amines) is 1. The van der Waals surface area contributed by atoms with E-state index in [1.807, 2.05) is 48.5 Å². The molecule has 1 fully saturated rings. The van der Waals surface area contributed by atoms with Crippen LogP contribution < -0.4 is 5.32 Å². The van der Waals surface area contributed by atoms with Crippen molar-refractivity contribution in [1.29, 1.82) is 0 Å². The molecular weight excluding hydrogens is 324 g/mol. The Morgan fingerprint density at radius 1 is 1.08 bits per heavy atom. The first-order chi connectivity index (χ1) is 12.6. The zero-order chi connectivity index (χ0) is 18.4. The fraction of sp³-hybridized carbons (Fsp3) is 0.364. The molecule has 26 heavy (non-hydrogen) atoms. The van der Waals surface area contributed by atoms with Crippen LogP contribution in [0, 0.1) is 0 Å². The molecule has 0 bridgehead atoms. The highest BCUT2D eigenvalue weighted by atomic mass is 16.2. The van der Waals surface area contributed by atoms with Crippen LogP contribution in [0.25, 0.3) is 0 Å². The fourth-order valence-electron chi connectivity index (χ4n) is 3.48. The number of rotatable bonds is 6. The van der Waals surface area contributed by atoms with Crippen molar-refractivity contribution in [3.8, 4) is 0 Å². The van der Waals surface area contributed by atoms with Gasteiger partial charge in [0.15, 0.2) is 0 Å². The summed E-state index contributed by atoms with van der Waals surface area (Å²) in [4.78, 5) is 27.0. The number of amides is 2. The third kappa shape index (κ3) is 4.51. The zero-order valence-electron chi connectivity index (χ0n) is 15.2. The summed E-state index contributed by atoms with van der Waals surface area (Å²) in [6, 6.07) is 19.5. The second-order valence-corrected chi connectivity index (χ2v) is 6.96. The Hall–Kier alpha value is -2.62. The van der Waals surface area contributed by atoms with Crippen LogP contribution in [0.15, 0.2) is 60.7 Å². The van der Waals surface area contributed by atoms with Crippen molar-refractivity contribution >= 4 is 11.8 Å². The van der Waals surface area contributed by atoms with Crippen molar-refractivity contribution < 1.29 is 9.59 Å². The first-order valence-electron chi connectivity index (χ1n) is 9.31. The van der Waals surface area contributed by atoms with Gasteiger partial charge in [-0.2, -0.15) is 0 Å². The van der Waals surface area contributed by atoms with E-state index >= 15 is 0 Å². The summed E-state index contributed by atoms with van der Waals surface area (Å²) in [5.41, 5.74) is 2.19. The molecule has 2 atom stereocenters. The van der Waals surface area contributed by atoms with Crippen molar-refractivity contribution in [3.05, 3.63) is 71.8 Å². The van der Waals surface area contributed by atoms with Crippen molar-refractivity contribution in [2.45, 2.75) is 38.1 Å². The van der Waals surface area contributed by atoms with Crippen LogP contribution in [0.1, 0.15) is 36.8 Å². The molecule has 136 valence electrons. The van der Waals surface area contributed by atoms with E-state index < -0.39 is 0 Å². The molecule has 4 nitrogen and oxygen atoms in total. The third-order valence-electron chi connectivity index (χ3n) is 5.03. The van der Waals surface area contributed by atoms with Crippen molar-refractivity contribution in [1.82, 2.24) is 10.2 Å². The minimum Gasteiger partial charge on any atom is -0.354 e. The summed E-state index contributed by atoms with van der Waals surface area (Å²) in [6.07, 6.45) is 1.98. The molecule has 2 aromatic carbocycles. The van der Waals surface area contributed by atoms with E-state index in [1.54, 1.807) is 4.90 Å². The second kappa shape index (κ2) is 8.65. The summed E-state index contributed by atoms with van der Waals surface area (Å²) >= 11 is 0. The Bertz CT molecular complexity index is 730. The van der Waals surface area contributed by atoms with E-state index in [1.165, 1.54) is 5.56 Å². The molecule has 3 rings (SSSR count). The first-order valence-corrected chi connectivity index (χ1v) is 9.31. The lowest BCUT2D eigenvalue weighted by Crippen LogP contribution is -2.47. The van der Waals surface area contributed by atoms with Gasteiger partial charge in [0, 0.05) is 13.1 Å². The Kier molecular flexibility index (Phi) is 6.05. The lowest BCUT2D eigenvalue weighted by Gasteiger charge is -2.25. The van der Waals surface area contributed by atoms with Gasteiger partial charge in [0.2, 0.25) is 11.8 Å². The molecule has 1 aliphatic rings. The van der Waals surface area contributed by atoms with Crippen LogP contribution in [-0.4, -0.2) is 35.8 Å². The smallest absolute Gasteiger partial charge is 0.242 e. The average molecular weight is 350 g/mol. The van der Waals surface area contributed by atoms with Gasteiger partial charge in [0.25, 0.3) is 0 Å². The molecule has 1 heterocycles. The molecule has 2 unspecified atom stereocenters. The number of nitrogens with zero attached hydrogens (tertiary/aromatic N) is 1. The molecule has 1 saturated heterocycles. The average Bonchev–Trinajstić information content (AvgIpc) is 3.17. The summed E-state index contributed by atoms with van der Waals surface area (Å²) in [5.74, 6) is 0.242. The molecule has 4 heteroatoms. The molecule has 1 N–H and O–H groups in total. The third-order valence-corrected chi connectivity index (χ3v) is 5.03. The van der Waals surface area contributed by atoms with Crippen LogP contribution in [-0.2, 0) is 16.0 Å². The minimum atomic E-state index is -0.339. The first kappa shape index (κ1) is 18.2. The molecule has 0 aromatic heterocycles. The fourth-order valence-corrected chi connectivity index (χ4v) is 3.48. The predicted octanol–water partition coefficient (Wildman–Crippen LogP) is 3.14. The molecule has 0 saturated carbocycles. The van der Waals surface area contributed by atoms with Crippen LogP contribution >= 0.6 is 0 Å². The molecule has 0 radical (unpaired) electrons. The topological polar surface area (TPSA) is 49.4 Å². The van der Waals surface area contributed by atoms with Crippen LogP contribution in [0.4, 0.5) is 0 Å². The Morgan fingerprint density at radius 2 is 1.73 bits per heavy atom. The standard InChI is InChI=1S/C22H26N2O2/c1-17(19-11-6-3-7-12-19)16-23-22(26)20-13-8-14-24(20)21(25)15-18-9-4-2-5-10-18/h2-7,9-12,17,20H,8,13-16H2,1H3,(H,23,26). The highest BCUT2D eigenvalue weighted by molar-refractivity contribution is 5.89. The predicted molar refractivity (Wildman–Crippen MR) is 103 cm³/mol. The van der Waals surface area contributed by atoms with Crippen molar-refractivity contribution in [2.75, 3.05) is 13.1 Å². The van der Waals surface area contributed by atoms with Gasteiger partial charge in [-0.15, -0.1) is 0 Å². The Balaban J connectivity index is 1.55. The van der Waals surface area contributed by atoms with E-state index in [0.717, 1.165) is 18.4 Å². The monoisotopic (exact) mass is 350 g/mol. The van der Waals surface area contributed by atoms with Gasteiger partial charge in [0.05, 0.1) is 6.42 Å². The van der Waals surface area contributed by atoms with E-state index in [9.17, 15) is 9.59 Å². The SMILES string of the molecule is CC(CNC(=O)C1CCCN1C(=O)Cc1ccccc1)c1ccccc1. The Labute approximate surface area is 155 Å². The normalized spacial score (nSPS) is 17.7. The molecule has 0 aliphatic carbocycles. The minimum absolute atomic E-state index is 0.0324. The zero-order valence-corrected chi connectivity index (χ0v) is 15.2. The maximum absolute atomic E-state index is 12.6. The summed E-state index contributed by atoms with van der Waals surface area (Å²) in [6.45, 7) is 3.35. The van der Waals surface area contributed by atoms with Gasteiger partial charge >= 0.3 is 0 Å². The second-order valence-electron chi connectivity index (χ2n) is 6.96. The Morgan fingerprint density at radius 3 is 2.42 bits per heavy atom. The number of hydrogen-bond donors (Lipinski definition) is 1. The van der Waals surface area contributed by atoms with Crippen molar-refractivity contribution in [3.63, 3.8) is 0 Å². The van der Waals surface area contributed by atoms with Gasteiger partial charge in [-0.1, -0.05) is 67.6 Å². The van der Waals surface area contributed by atoms with Gasteiger partial charge in [-0.25, -0.2) is 0 Å². The van der Waals surface area contributed by atoms with E-state index in [-0.39, 0.29) is 23.8 Å². The van der Waals surface area contributed by atoms with E-state index in [2.05, 4.69) is 24.4 Å². The number of benzene rings is 2.